The van der Waals surface area contributed by atoms with Crippen molar-refractivity contribution in [2.45, 2.75) is 6.92 Å². The van der Waals surface area contributed by atoms with Crippen LogP contribution in [0.4, 0.5) is 5.13 Å². The van der Waals surface area contributed by atoms with E-state index in [1.165, 1.54) is 11.3 Å². The first-order valence-electron chi connectivity index (χ1n) is 6.65. The third kappa shape index (κ3) is 4.68. The first kappa shape index (κ1) is 15.7. The normalized spacial score (nSPS) is 12.1. The van der Waals surface area contributed by atoms with Crippen molar-refractivity contribution in [3.8, 4) is 0 Å². The number of hydrogen-bond donors (Lipinski definition) is 2. The number of guanidine groups is 1. The van der Waals surface area contributed by atoms with Crippen LogP contribution in [0.25, 0.3) is 6.08 Å². The molecule has 0 aliphatic carbocycles. The second-order valence-corrected chi connectivity index (χ2v) is 5.29. The first-order valence-corrected chi connectivity index (χ1v) is 7.46. The van der Waals surface area contributed by atoms with E-state index in [0.29, 0.717) is 10.7 Å². The van der Waals surface area contributed by atoms with Gasteiger partial charge in [0, 0.05) is 16.6 Å². The number of thiazole rings is 1. The largest absolute Gasteiger partial charge is 0.369 e. The number of aromatic nitrogens is 1. The van der Waals surface area contributed by atoms with Crippen molar-refractivity contribution >= 4 is 34.4 Å². The van der Waals surface area contributed by atoms with Gasteiger partial charge in [0.2, 0.25) is 11.1 Å². The molecule has 3 N–H and O–H groups in total. The summed E-state index contributed by atoms with van der Waals surface area (Å²) in [5, 5.41) is 3.02. The lowest BCUT2D eigenvalue weighted by atomic mass is 10.2. The van der Waals surface area contributed by atoms with E-state index in [4.69, 9.17) is 5.73 Å². The van der Waals surface area contributed by atoms with Gasteiger partial charge in [-0.3, -0.25) is 10.1 Å². The van der Waals surface area contributed by atoms with E-state index in [1.54, 1.807) is 30.5 Å². The summed E-state index contributed by atoms with van der Waals surface area (Å²) in [6, 6.07) is 8.82. The molecular formula is C16H16N4OS. The second kappa shape index (κ2) is 7.90. The molecule has 0 saturated heterocycles. The SMILES string of the molecule is C/C=C\C=C/c1cnc(/N=C(\N)NC(=O)c2ccccc2)s1. The van der Waals surface area contributed by atoms with Crippen molar-refractivity contribution in [2.24, 2.45) is 10.7 Å². The number of nitrogens with two attached hydrogens (primary N) is 1. The van der Waals surface area contributed by atoms with Crippen LogP contribution in [0.1, 0.15) is 22.2 Å². The number of rotatable bonds is 4. The maximum Gasteiger partial charge on any atom is 0.257 e. The van der Waals surface area contributed by atoms with E-state index in [9.17, 15) is 4.79 Å². The molecule has 22 heavy (non-hydrogen) atoms. The highest BCUT2D eigenvalue weighted by atomic mass is 32.1. The Kier molecular flexibility index (Phi) is 5.62. The molecule has 0 unspecified atom stereocenters. The van der Waals surface area contributed by atoms with Crippen LogP contribution >= 0.6 is 11.3 Å². The molecule has 6 heteroatoms. The molecule has 1 heterocycles. The predicted molar refractivity (Wildman–Crippen MR) is 91.2 cm³/mol. The standard InChI is InChI=1S/C16H16N4OS/c1-2-3-5-10-13-11-18-16(22-13)20-15(17)19-14(21)12-8-6-4-7-9-12/h2-11H,1H3,(H3,17,18,19,20,21)/b3-2-,10-5-. The highest BCUT2D eigenvalue weighted by molar-refractivity contribution is 7.16. The van der Waals surface area contributed by atoms with Gasteiger partial charge in [-0.2, -0.15) is 4.99 Å². The third-order valence-corrected chi connectivity index (χ3v) is 3.43. The number of amides is 1. The second-order valence-electron chi connectivity index (χ2n) is 4.25. The Labute approximate surface area is 132 Å². The molecule has 2 aromatic rings. The molecule has 1 amide bonds. The Bertz CT molecular complexity index is 717. The van der Waals surface area contributed by atoms with E-state index >= 15 is 0 Å². The van der Waals surface area contributed by atoms with Gasteiger partial charge in [0.05, 0.1) is 0 Å². The van der Waals surface area contributed by atoms with Gasteiger partial charge >= 0.3 is 0 Å². The first-order chi connectivity index (χ1) is 10.7. The summed E-state index contributed by atoms with van der Waals surface area (Å²) in [4.78, 5) is 21.1. The zero-order valence-corrected chi connectivity index (χ0v) is 12.9. The van der Waals surface area contributed by atoms with E-state index in [1.807, 2.05) is 37.3 Å². The monoisotopic (exact) mass is 312 g/mol. The Morgan fingerprint density at radius 2 is 2.09 bits per heavy atom. The Morgan fingerprint density at radius 1 is 1.32 bits per heavy atom. The van der Waals surface area contributed by atoms with Crippen LogP contribution in [0.3, 0.4) is 0 Å². The topological polar surface area (TPSA) is 80.4 Å². The van der Waals surface area contributed by atoms with E-state index in [0.717, 1.165) is 4.88 Å². The highest BCUT2D eigenvalue weighted by Gasteiger charge is 2.06. The number of nitrogens with zero attached hydrogens (tertiary/aromatic N) is 2. The lowest BCUT2D eigenvalue weighted by molar-refractivity contribution is 0.0976. The predicted octanol–water partition coefficient (Wildman–Crippen LogP) is 3.11. The Hall–Kier alpha value is -2.73. The average molecular weight is 312 g/mol. The van der Waals surface area contributed by atoms with Gasteiger partial charge in [-0.1, -0.05) is 47.8 Å². The Balaban J connectivity index is 2.02. The molecule has 0 saturated carbocycles. The van der Waals surface area contributed by atoms with Crippen molar-refractivity contribution in [3.63, 3.8) is 0 Å². The number of carbonyl (C=O) groups is 1. The van der Waals surface area contributed by atoms with Gasteiger partial charge in [0.25, 0.3) is 5.91 Å². The van der Waals surface area contributed by atoms with Gasteiger partial charge in [-0.25, -0.2) is 4.98 Å². The van der Waals surface area contributed by atoms with Crippen LogP contribution in [0.5, 0.6) is 0 Å². The number of carbonyl (C=O) groups excluding carboxylic acids is 1. The van der Waals surface area contributed by atoms with Crippen LogP contribution < -0.4 is 11.1 Å². The fourth-order valence-electron chi connectivity index (χ4n) is 1.58. The summed E-state index contributed by atoms with van der Waals surface area (Å²) in [5.74, 6) is -0.279. The molecule has 112 valence electrons. The zero-order chi connectivity index (χ0) is 15.8. The number of hydrogen-bond acceptors (Lipinski definition) is 4. The molecule has 1 aromatic heterocycles. The van der Waals surface area contributed by atoms with Crippen molar-refractivity contribution in [1.82, 2.24) is 10.3 Å². The summed E-state index contributed by atoms with van der Waals surface area (Å²) in [6.45, 7) is 1.95. The number of allylic oxidation sites excluding steroid dienone is 3. The molecular weight excluding hydrogens is 296 g/mol. The molecule has 0 spiro atoms. The summed E-state index contributed by atoms with van der Waals surface area (Å²) in [6.07, 6.45) is 9.41. The lowest BCUT2D eigenvalue weighted by Crippen LogP contribution is -2.36. The minimum atomic E-state index is -0.299. The fraction of sp³-hybridized carbons (Fsp3) is 0.0625. The van der Waals surface area contributed by atoms with Crippen molar-refractivity contribution in [1.29, 1.82) is 0 Å². The highest BCUT2D eigenvalue weighted by Crippen LogP contribution is 2.21. The quantitative estimate of drug-likeness (QED) is 0.517. The molecule has 0 fully saturated rings. The summed E-state index contributed by atoms with van der Waals surface area (Å²) >= 11 is 1.38. The molecule has 0 aliphatic rings. The maximum absolute atomic E-state index is 11.9. The van der Waals surface area contributed by atoms with Crippen molar-refractivity contribution in [2.75, 3.05) is 0 Å². The third-order valence-electron chi connectivity index (χ3n) is 2.57. The molecule has 2 rings (SSSR count). The van der Waals surface area contributed by atoms with Gasteiger partial charge in [0.1, 0.15) is 0 Å². The van der Waals surface area contributed by atoms with Gasteiger partial charge in [0.15, 0.2) is 0 Å². The molecule has 0 atom stereocenters. The van der Waals surface area contributed by atoms with E-state index in [2.05, 4.69) is 15.3 Å². The number of nitrogens with one attached hydrogen (secondary N) is 1. The van der Waals surface area contributed by atoms with Crippen LogP contribution in [-0.4, -0.2) is 16.9 Å². The molecule has 0 radical (unpaired) electrons. The van der Waals surface area contributed by atoms with Crippen molar-refractivity contribution < 1.29 is 4.79 Å². The van der Waals surface area contributed by atoms with E-state index in [-0.39, 0.29) is 11.9 Å². The fourth-order valence-corrected chi connectivity index (χ4v) is 2.29. The maximum atomic E-state index is 11.9. The minimum Gasteiger partial charge on any atom is -0.369 e. The van der Waals surface area contributed by atoms with E-state index < -0.39 is 0 Å². The molecule has 0 aliphatic heterocycles. The Morgan fingerprint density at radius 3 is 2.82 bits per heavy atom. The molecule has 5 nitrogen and oxygen atoms in total. The van der Waals surface area contributed by atoms with Gasteiger partial charge < -0.3 is 5.73 Å². The zero-order valence-electron chi connectivity index (χ0n) is 12.1. The average Bonchev–Trinajstić information content (AvgIpc) is 2.95. The number of benzene rings is 1. The lowest BCUT2D eigenvalue weighted by Gasteiger charge is -2.02. The van der Waals surface area contributed by atoms with Crippen LogP contribution in [0.2, 0.25) is 0 Å². The van der Waals surface area contributed by atoms with Gasteiger partial charge in [-0.05, 0) is 25.1 Å². The van der Waals surface area contributed by atoms with Crippen molar-refractivity contribution in [3.05, 3.63) is 65.2 Å². The van der Waals surface area contributed by atoms with Crippen LogP contribution in [0, 0.1) is 0 Å². The van der Waals surface area contributed by atoms with Gasteiger partial charge in [-0.15, -0.1) is 0 Å². The smallest absolute Gasteiger partial charge is 0.257 e. The summed E-state index contributed by atoms with van der Waals surface area (Å²) in [5.41, 5.74) is 6.25. The summed E-state index contributed by atoms with van der Waals surface area (Å²) < 4.78 is 0. The molecule has 0 bridgehead atoms. The van der Waals surface area contributed by atoms with Crippen LogP contribution in [-0.2, 0) is 0 Å². The minimum absolute atomic E-state index is 0.0205. The number of aliphatic imine (C=N–C) groups is 1. The summed E-state index contributed by atoms with van der Waals surface area (Å²) in [7, 11) is 0. The molecule has 1 aromatic carbocycles. The van der Waals surface area contributed by atoms with Crippen LogP contribution in [0.15, 0.2) is 59.7 Å².